The number of anilines is 2. The lowest BCUT2D eigenvalue weighted by Gasteiger charge is -2.14. The SMILES string of the molecule is Cc1cccc(Nc2ccncc2S(=O)(=O)CNC(=O)NC(C)C)c1. The Labute approximate surface area is 147 Å². The second-order valence-electron chi connectivity index (χ2n) is 5.93. The van der Waals surface area contributed by atoms with Crippen molar-refractivity contribution in [3.8, 4) is 0 Å². The lowest BCUT2D eigenvalue weighted by Crippen LogP contribution is -2.41. The fourth-order valence-corrected chi connectivity index (χ4v) is 3.31. The molecule has 0 saturated carbocycles. The van der Waals surface area contributed by atoms with E-state index in [-0.39, 0.29) is 10.9 Å². The largest absolute Gasteiger partial charge is 0.354 e. The highest BCUT2D eigenvalue weighted by atomic mass is 32.2. The van der Waals surface area contributed by atoms with Gasteiger partial charge >= 0.3 is 6.03 Å². The Morgan fingerprint density at radius 2 is 2.00 bits per heavy atom. The molecular weight excluding hydrogens is 340 g/mol. The zero-order valence-corrected chi connectivity index (χ0v) is 15.2. The first-order valence-electron chi connectivity index (χ1n) is 7.83. The summed E-state index contributed by atoms with van der Waals surface area (Å²) in [5, 5.41) is 8.03. The van der Waals surface area contributed by atoms with Crippen molar-refractivity contribution in [3.05, 3.63) is 48.3 Å². The van der Waals surface area contributed by atoms with Gasteiger partial charge in [-0.05, 0) is 44.5 Å². The minimum atomic E-state index is -3.75. The molecule has 0 saturated heterocycles. The van der Waals surface area contributed by atoms with Crippen LogP contribution in [0.5, 0.6) is 0 Å². The first kappa shape index (κ1) is 18.7. The van der Waals surface area contributed by atoms with Crippen molar-refractivity contribution in [1.29, 1.82) is 0 Å². The van der Waals surface area contributed by atoms with E-state index >= 15 is 0 Å². The van der Waals surface area contributed by atoms with E-state index in [1.165, 1.54) is 12.4 Å². The van der Waals surface area contributed by atoms with Crippen LogP contribution < -0.4 is 16.0 Å². The molecule has 134 valence electrons. The Morgan fingerprint density at radius 3 is 2.68 bits per heavy atom. The summed E-state index contributed by atoms with van der Waals surface area (Å²) < 4.78 is 25.2. The number of nitrogens with one attached hydrogen (secondary N) is 3. The second-order valence-corrected chi connectivity index (χ2v) is 7.89. The molecule has 1 aromatic carbocycles. The fraction of sp³-hybridized carbons (Fsp3) is 0.294. The van der Waals surface area contributed by atoms with Gasteiger partial charge in [0.25, 0.3) is 0 Å². The predicted molar refractivity (Wildman–Crippen MR) is 97.6 cm³/mol. The summed E-state index contributed by atoms with van der Waals surface area (Å²) in [6.45, 7) is 5.53. The number of hydrogen-bond acceptors (Lipinski definition) is 5. The summed E-state index contributed by atoms with van der Waals surface area (Å²) in [4.78, 5) is 15.6. The standard InChI is InChI=1S/C17H22N4O3S/c1-12(2)20-17(22)19-11-25(23,24)16-10-18-8-7-15(16)21-14-6-4-5-13(3)9-14/h4-10,12H,11H2,1-3H3,(H,18,21)(H2,19,20,22). The Hall–Kier alpha value is -2.61. The smallest absolute Gasteiger partial charge is 0.315 e. The van der Waals surface area contributed by atoms with E-state index in [9.17, 15) is 13.2 Å². The number of pyridine rings is 1. The van der Waals surface area contributed by atoms with E-state index in [0.29, 0.717) is 5.69 Å². The highest BCUT2D eigenvalue weighted by Gasteiger charge is 2.20. The summed E-state index contributed by atoms with van der Waals surface area (Å²) >= 11 is 0. The average Bonchev–Trinajstić information content (AvgIpc) is 2.53. The van der Waals surface area contributed by atoms with Gasteiger partial charge in [-0.1, -0.05) is 12.1 Å². The maximum absolute atomic E-state index is 12.6. The van der Waals surface area contributed by atoms with Crippen LogP contribution >= 0.6 is 0 Å². The molecule has 1 heterocycles. The summed E-state index contributed by atoms with van der Waals surface area (Å²) in [6.07, 6.45) is 2.78. The molecule has 0 spiro atoms. The fourth-order valence-electron chi connectivity index (χ4n) is 2.16. The Morgan fingerprint density at radius 1 is 1.24 bits per heavy atom. The third-order valence-corrected chi connectivity index (χ3v) is 4.78. The van der Waals surface area contributed by atoms with E-state index in [2.05, 4.69) is 20.9 Å². The normalized spacial score (nSPS) is 11.2. The van der Waals surface area contributed by atoms with Gasteiger partial charge in [0, 0.05) is 24.1 Å². The lowest BCUT2D eigenvalue weighted by atomic mass is 10.2. The molecule has 0 fully saturated rings. The van der Waals surface area contributed by atoms with Gasteiger partial charge in [-0.2, -0.15) is 0 Å². The Balaban J connectivity index is 2.19. The number of urea groups is 1. The zero-order valence-electron chi connectivity index (χ0n) is 14.4. The number of hydrogen-bond donors (Lipinski definition) is 3. The van der Waals surface area contributed by atoms with E-state index in [0.717, 1.165) is 11.3 Å². The zero-order chi connectivity index (χ0) is 18.4. The van der Waals surface area contributed by atoms with Gasteiger partial charge < -0.3 is 16.0 Å². The number of rotatable bonds is 6. The second kappa shape index (κ2) is 7.98. The number of sulfone groups is 1. The number of amides is 2. The van der Waals surface area contributed by atoms with Crippen molar-refractivity contribution in [2.45, 2.75) is 31.7 Å². The van der Waals surface area contributed by atoms with Crippen molar-refractivity contribution in [2.24, 2.45) is 0 Å². The minimum Gasteiger partial charge on any atom is -0.354 e. The number of carbonyl (C=O) groups is 1. The third-order valence-electron chi connectivity index (χ3n) is 3.26. The van der Waals surface area contributed by atoms with Gasteiger partial charge in [-0.15, -0.1) is 0 Å². The van der Waals surface area contributed by atoms with Crippen LogP contribution in [-0.4, -0.2) is 31.4 Å². The van der Waals surface area contributed by atoms with Gasteiger partial charge in [0.2, 0.25) is 0 Å². The van der Waals surface area contributed by atoms with Crippen LogP contribution in [0.25, 0.3) is 0 Å². The molecule has 8 heteroatoms. The molecule has 0 bridgehead atoms. The molecule has 1 aromatic heterocycles. The molecular formula is C17H22N4O3S. The highest BCUT2D eigenvalue weighted by Crippen LogP contribution is 2.25. The van der Waals surface area contributed by atoms with Crippen LogP contribution in [0.4, 0.5) is 16.2 Å². The van der Waals surface area contributed by atoms with Crippen LogP contribution in [0.2, 0.25) is 0 Å². The number of carbonyl (C=O) groups excluding carboxylic acids is 1. The van der Waals surface area contributed by atoms with Gasteiger partial charge in [0.05, 0.1) is 5.69 Å². The van der Waals surface area contributed by atoms with Crippen LogP contribution in [-0.2, 0) is 9.84 Å². The minimum absolute atomic E-state index is 0.0290. The van der Waals surface area contributed by atoms with E-state index < -0.39 is 21.7 Å². The van der Waals surface area contributed by atoms with E-state index in [1.807, 2.05) is 31.2 Å². The molecule has 0 unspecified atom stereocenters. The average molecular weight is 362 g/mol. The first-order chi connectivity index (χ1) is 11.8. The summed E-state index contributed by atoms with van der Waals surface area (Å²) in [5.74, 6) is -0.514. The molecule has 2 amide bonds. The topological polar surface area (TPSA) is 100 Å². The van der Waals surface area contributed by atoms with Crippen molar-refractivity contribution < 1.29 is 13.2 Å². The van der Waals surface area contributed by atoms with Gasteiger partial charge in [0.1, 0.15) is 10.8 Å². The van der Waals surface area contributed by atoms with Crippen molar-refractivity contribution in [1.82, 2.24) is 15.6 Å². The monoisotopic (exact) mass is 362 g/mol. The molecule has 0 aliphatic heterocycles. The molecule has 0 atom stereocenters. The van der Waals surface area contributed by atoms with Crippen LogP contribution in [0.15, 0.2) is 47.6 Å². The number of benzene rings is 1. The summed E-state index contributed by atoms with van der Waals surface area (Å²) in [7, 11) is -3.75. The number of aryl methyl sites for hydroxylation is 1. The van der Waals surface area contributed by atoms with Crippen LogP contribution in [0.1, 0.15) is 19.4 Å². The molecule has 7 nitrogen and oxygen atoms in total. The van der Waals surface area contributed by atoms with Crippen LogP contribution in [0.3, 0.4) is 0 Å². The van der Waals surface area contributed by atoms with Gasteiger partial charge in [-0.25, -0.2) is 13.2 Å². The Kier molecular flexibility index (Phi) is 5.97. The quantitative estimate of drug-likeness (QED) is 0.733. The molecule has 3 N–H and O–H groups in total. The third kappa shape index (κ3) is 5.46. The van der Waals surface area contributed by atoms with Crippen LogP contribution in [0, 0.1) is 6.92 Å². The summed E-state index contributed by atoms with van der Waals surface area (Å²) in [5.41, 5.74) is 2.23. The predicted octanol–water partition coefficient (Wildman–Crippen LogP) is 2.57. The Bertz CT molecular complexity index is 850. The molecule has 25 heavy (non-hydrogen) atoms. The maximum atomic E-state index is 12.6. The van der Waals surface area contributed by atoms with E-state index in [4.69, 9.17) is 0 Å². The van der Waals surface area contributed by atoms with Crippen molar-refractivity contribution in [3.63, 3.8) is 0 Å². The first-order valence-corrected chi connectivity index (χ1v) is 9.48. The van der Waals surface area contributed by atoms with Crippen molar-refractivity contribution in [2.75, 3.05) is 11.2 Å². The molecule has 2 aromatic rings. The molecule has 0 aliphatic carbocycles. The molecule has 0 radical (unpaired) electrons. The van der Waals surface area contributed by atoms with Gasteiger partial charge in [-0.3, -0.25) is 4.98 Å². The van der Waals surface area contributed by atoms with Crippen molar-refractivity contribution >= 4 is 27.2 Å². The number of aromatic nitrogens is 1. The lowest BCUT2D eigenvalue weighted by molar-refractivity contribution is 0.240. The molecule has 2 rings (SSSR count). The summed E-state index contributed by atoms with van der Waals surface area (Å²) in [6, 6.07) is 8.56. The number of nitrogens with zero attached hydrogens (tertiary/aromatic N) is 1. The maximum Gasteiger partial charge on any atom is 0.315 e. The molecule has 0 aliphatic rings. The van der Waals surface area contributed by atoms with Gasteiger partial charge in [0.15, 0.2) is 9.84 Å². The highest BCUT2D eigenvalue weighted by molar-refractivity contribution is 7.91. The van der Waals surface area contributed by atoms with E-state index in [1.54, 1.807) is 19.9 Å².